The first-order chi connectivity index (χ1) is 10.2. The van der Waals surface area contributed by atoms with E-state index in [9.17, 15) is 4.79 Å². The Morgan fingerprint density at radius 1 is 1.24 bits per heavy atom. The highest BCUT2D eigenvalue weighted by atomic mass is 16.2. The van der Waals surface area contributed by atoms with E-state index in [-0.39, 0.29) is 5.91 Å². The van der Waals surface area contributed by atoms with Crippen LogP contribution < -0.4 is 0 Å². The molecule has 0 radical (unpaired) electrons. The highest BCUT2D eigenvalue weighted by Crippen LogP contribution is 2.21. The van der Waals surface area contributed by atoms with Crippen molar-refractivity contribution in [3.8, 4) is 0 Å². The van der Waals surface area contributed by atoms with Gasteiger partial charge in [-0.25, -0.2) is 0 Å². The Hall–Kier alpha value is -2.62. The number of amides is 1. The molecule has 0 aliphatic rings. The minimum absolute atomic E-state index is 0.0238. The monoisotopic (exact) mass is 279 g/mol. The van der Waals surface area contributed by atoms with Crippen LogP contribution in [0.15, 0.2) is 55.0 Å². The van der Waals surface area contributed by atoms with E-state index < -0.39 is 0 Å². The number of aromatic nitrogens is 2. The third kappa shape index (κ3) is 2.52. The number of nitrogens with zero attached hydrogens (tertiary/aromatic N) is 3. The van der Waals surface area contributed by atoms with Gasteiger partial charge in [0.1, 0.15) is 0 Å². The fraction of sp³-hybridized carbons (Fsp3) is 0.176. The standard InChI is InChI=1S/C17H17N3O/c1-19-10-8-14-15(6-3-7-16(14)19)17(21)20(2)12-13-5-4-9-18-11-13/h3-11H,12H2,1-2H3. The highest BCUT2D eigenvalue weighted by molar-refractivity contribution is 6.06. The minimum Gasteiger partial charge on any atom is -0.351 e. The van der Waals surface area contributed by atoms with E-state index in [1.54, 1.807) is 17.3 Å². The number of aryl methyl sites for hydroxylation is 1. The summed E-state index contributed by atoms with van der Waals surface area (Å²) in [5.41, 5.74) is 2.82. The fourth-order valence-corrected chi connectivity index (χ4v) is 2.53. The SMILES string of the molecule is CN(Cc1cccnc1)C(=O)c1cccc2c1ccn2C. The lowest BCUT2D eigenvalue weighted by Gasteiger charge is -2.17. The van der Waals surface area contributed by atoms with Crippen molar-refractivity contribution in [2.75, 3.05) is 7.05 Å². The van der Waals surface area contributed by atoms with Gasteiger partial charge in [0.25, 0.3) is 5.91 Å². The Bertz CT molecular complexity index is 777. The molecule has 0 atom stereocenters. The molecule has 4 nitrogen and oxygen atoms in total. The number of hydrogen-bond donors (Lipinski definition) is 0. The van der Waals surface area contributed by atoms with Crippen LogP contribution in [0.5, 0.6) is 0 Å². The van der Waals surface area contributed by atoms with E-state index in [4.69, 9.17) is 0 Å². The first-order valence-electron chi connectivity index (χ1n) is 6.85. The Morgan fingerprint density at radius 2 is 2.10 bits per heavy atom. The number of pyridine rings is 1. The van der Waals surface area contributed by atoms with Crippen molar-refractivity contribution >= 4 is 16.8 Å². The van der Waals surface area contributed by atoms with E-state index >= 15 is 0 Å². The van der Waals surface area contributed by atoms with Gasteiger partial charge in [0.15, 0.2) is 0 Å². The first kappa shape index (κ1) is 13.4. The number of hydrogen-bond acceptors (Lipinski definition) is 2. The van der Waals surface area contributed by atoms with E-state index in [2.05, 4.69) is 4.98 Å². The molecule has 0 aliphatic carbocycles. The molecule has 106 valence electrons. The average Bonchev–Trinajstić information content (AvgIpc) is 2.89. The van der Waals surface area contributed by atoms with Gasteiger partial charge in [0.2, 0.25) is 0 Å². The van der Waals surface area contributed by atoms with Crippen molar-refractivity contribution in [3.63, 3.8) is 0 Å². The molecule has 3 rings (SSSR count). The maximum Gasteiger partial charge on any atom is 0.254 e. The summed E-state index contributed by atoms with van der Waals surface area (Å²) < 4.78 is 2.02. The molecular formula is C17H17N3O. The maximum absolute atomic E-state index is 12.7. The number of carbonyl (C=O) groups is 1. The van der Waals surface area contributed by atoms with Gasteiger partial charge in [-0.1, -0.05) is 12.1 Å². The molecule has 0 bridgehead atoms. The van der Waals surface area contributed by atoms with Crippen LogP contribution in [0, 0.1) is 0 Å². The molecule has 4 heteroatoms. The van der Waals surface area contributed by atoms with Crippen LogP contribution in [0.4, 0.5) is 0 Å². The quantitative estimate of drug-likeness (QED) is 0.739. The van der Waals surface area contributed by atoms with Gasteiger partial charge in [-0.3, -0.25) is 9.78 Å². The lowest BCUT2D eigenvalue weighted by Crippen LogP contribution is -2.26. The first-order valence-corrected chi connectivity index (χ1v) is 6.85. The number of benzene rings is 1. The van der Waals surface area contributed by atoms with Crippen molar-refractivity contribution in [1.29, 1.82) is 0 Å². The lowest BCUT2D eigenvalue weighted by atomic mass is 10.1. The summed E-state index contributed by atoms with van der Waals surface area (Å²) in [6.07, 6.45) is 5.49. The maximum atomic E-state index is 12.7. The molecule has 0 spiro atoms. The summed E-state index contributed by atoms with van der Waals surface area (Å²) in [7, 11) is 3.80. The van der Waals surface area contributed by atoms with Crippen LogP contribution in [0.2, 0.25) is 0 Å². The summed E-state index contributed by atoms with van der Waals surface area (Å²) in [6.45, 7) is 0.551. The van der Waals surface area contributed by atoms with Gasteiger partial charge in [-0.15, -0.1) is 0 Å². The van der Waals surface area contributed by atoms with Crippen molar-refractivity contribution in [1.82, 2.24) is 14.5 Å². The number of rotatable bonds is 3. The summed E-state index contributed by atoms with van der Waals surface area (Å²) in [4.78, 5) is 18.5. The van der Waals surface area contributed by atoms with Crippen LogP contribution >= 0.6 is 0 Å². The molecule has 3 aromatic rings. The number of fused-ring (bicyclic) bond motifs is 1. The van der Waals surface area contributed by atoms with Crippen LogP contribution in [0.25, 0.3) is 10.9 Å². The molecule has 1 amide bonds. The molecule has 1 aromatic carbocycles. The summed E-state index contributed by atoms with van der Waals surface area (Å²) >= 11 is 0. The smallest absolute Gasteiger partial charge is 0.254 e. The van der Waals surface area contributed by atoms with E-state index in [1.807, 2.05) is 61.3 Å². The Kier molecular flexibility index (Phi) is 3.44. The van der Waals surface area contributed by atoms with Gasteiger partial charge in [-0.05, 0) is 29.8 Å². The Balaban J connectivity index is 1.90. The van der Waals surface area contributed by atoms with Crippen LogP contribution in [-0.2, 0) is 13.6 Å². The van der Waals surface area contributed by atoms with Crippen LogP contribution in [-0.4, -0.2) is 27.4 Å². The third-order valence-corrected chi connectivity index (χ3v) is 3.65. The zero-order valence-corrected chi connectivity index (χ0v) is 12.2. The predicted molar refractivity (Wildman–Crippen MR) is 83.0 cm³/mol. The minimum atomic E-state index is 0.0238. The highest BCUT2D eigenvalue weighted by Gasteiger charge is 2.15. The van der Waals surface area contributed by atoms with Crippen LogP contribution in [0.1, 0.15) is 15.9 Å². The second kappa shape index (κ2) is 5.40. The Morgan fingerprint density at radius 3 is 2.86 bits per heavy atom. The molecule has 2 heterocycles. The van der Waals surface area contributed by atoms with Gasteiger partial charge in [-0.2, -0.15) is 0 Å². The third-order valence-electron chi connectivity index (χ3n) is 3.65. The Labute approximate surface area is 123 Å². The fourth-order valence-electron chi connectivity index (χ4n) is 2.53. The normalized spacial score (nSPS) is 10.8. The topological polar surface area (TPSA) is 38.1 Å². The van der Waals surface area contributed by atoms with Crippen LogP contribution in [0.3, 0.4) is 0 Å². The van der Waals surface area contributed by atoms with Crippen molar-refractivity contribution < 1.29 is 4.79 Å². The molecular weight excluding hydrogens is 262 g/mol. The molecule has 0 aliphatic heterocycles. The molecule has 0 fully saturated rings. The zero-order valence-electron chi connectivity index (χ0n) is 12.2. The molecule has 0 saturated carbocycles. The molecule has 0 saturated heterocycles. The largest absolute Gasteiger partial charge is 0.351 e. The summed E-state index contributed by atoms with van der Waals surface area (Å²) in [6, 6.07) is 11.7. The molecule has 0 N–H and O–H groups in total. The van der Waals surface area contributed by atoms with E-state index in [0.29, 0.717) is 6.54 Å². The van der Waals surface area contributed by atoms with Gasteiger partial charge in [0, 0.05) is 55.7 Å². The summed E-state index contributed by atoms with van der Waals surface area (Å²) in [5.74, 6) is 0.0238. The molecule has 2 aromatic heterocycles. The van der Waals surface area contributed by atoms with Crippen molar-refractivity contribution in [2.45, 2.75) is 6.54 Å². The zero-order chi connectivity index (χ0) is 14.8. The predicted octanol–water partition coefficient (Wildman–Crippen LogP) is 2.85. The van der Waals surface area contributed by atoms with E-state index in [1.165, 1.54) is 0 Å². The van der Waals surface area contributed by atoms with Crippen molar-refractivity contribution in [3.05, 3.63) is 66.1 Å². The van der Waals surface area contributed by atoms with Gasteiger partial charge in [0.05, 0.1) is 0 Å². The van der Waals surface area contributed by atoms with Crippen molar-refractivity contribution in [2.24, 2.45) is 7.05 Å². The average molecular weight is 279 g/mol. The van der Waals surface area contributed by atoms with Gasteiger partial charge < -0.3 is 9.47 Å². The second-order valence-electron chi connectivity index (χ2n) is 5.19. The molecule has 0 unspecified atom stereocenters. The van der Waals surface area contributed by atoms with E-state index in [0.717, 1.165) is 22.0 Å². The molecule has 21 heavy (non-hydrogen) atoms. The van der Waals surface area contributed by atoms with Gasteiger partial charge >= 0.3 is 0 Å². The summed E-state index contributed by atoms with van der Waals surface area (Å²) in [5, 5.41) is 0.989. The lowest BCUT2D eigenvalue weighted by molar-refractivity contribution is 0.0787. The second-order valence-corrected chi connectivity index (χ2v) is 5.19. The number of carbonyl (C=O) groups excluding carboxylic acids is 1.